The smallest absolute Gasteiger partial charge is 0.335 e. The van der Waals surface area contributed by atoms with Gasteiger partial charge in [-0.3, -0.25) is 9.59 Å². The van der Waals surface area contributed by atoms with Gasteiger partial charge >= 0.3 is 5.97 Å². The highest BCUT2D eigenvalue weighted by Gasteiger charge is 2.18. The van der Waals surface area contributed by atoms with Crippen molar-refractivity contribution in [1.29, 1.82) is 0 Å². The quantitative estimate of drug-likeness (QED) is 0.848. The third kappa shape index (κ3) is 4.73. The number of nitrogens with zero attached hydrogens (tertiary/aromatic N) is 1. The summed E-state index contributed by atoms with van der Waals surface area (Å²) in [4.78, 5) is 37.5. The lowest BCUT2D eigenvalue weighted by atomic mass is 10.1. The average Bonchev–Trinajstić information content (AvgIpc) is 2.63. The SMILES string of the molecule is Cc1cc(C(=O)O)cc(C(=O)Nc2cccc(CN3CCCCC3=O)c2)c1. The number of likely N-dealkylation sites (tertiary alicyclic amines) is 1. The summed E-state index contributed by atoms with van der Waals surface area (Å²) in [6.07, 6.45) is 2.55. The van der Waals surface area contributed by atoms with Crippen molar-refractivity contribution >= 4 is 23.5 Å². The third-order valence-corrected chi connectivity index (χ3v) is 4.57. The average molecular weight is 366 g/mol. The van der Waals surface area contributed by atoms with Crippen LogP contribution in [0.3, 0.4) is 0 Å². The number of carboxylic acids is 1. The minimum absolute atomic E-state index is 0.0810. The molecule has 0 atom stereocenters. The van der Waals surface area contributed by atoms with Crippen LogP contribution in [0, 0.1) is 6.92 Å². The van der Waals surface area contributed by atoms with Gasteiger partial charge in [-0.25, -0.2) is 4.79 Å². The van der Waals surface area contributed by atoms with Gasteiger partial charge in [0, 0.05) is 30.8 Å². The first-order chi connectivity index (χ1) is 12.9. The number of piperidine rings is 1. The molecule has 6 nitrogen and oxygen atoms in total. The van der Waals surface area contributed by atoms with Crippen molar-refractivity contribution in [2.75, 3.05) is 11.9 Å². The Balaban J connectivity index is 1.73. The van der Waals surface area contributed by atoms with E-state index in [9.17, 15) is 14.4 Å². The number of carbonyl (C=O) groups excluding carboxylic acids is 2. The van der Waals surface area contributed by atoms with Crippen LogP contribution in [0.5, 0.6) is 0 Å². The van der Waals surface area contributed by atoms with Crippen LogP contribution in [0.2, 0.25) is 0 Å². The van der Waals surface area contributed by atoms with Gasteiger partial charge in [-0.05, 0) is 61.2 Å². The standard InChI is InChI=1S/C21H22N2O4/c1-14-9-16(12-17(10-14)21(26)27)20(25)22-18-6-4-5-15(11-18)13-23-8-3-2-7-19(23)24/h4-6,9-12H,2-3,7-8,13H2,1H3,(H,22,25)(H,26,27). The molecule has 0 spiro atoms. The number of nitrogens with one attached hydrogen (secondary N) is 1. The summed E-state index contributed by atoms with van der Waals surface area (Å²) in [6, 6.07) is 11.9. The Bertz CT molecular complexity index is 892. The molecule has 0 aromatic heterocycles. The Hall–Kier alpha value is -3.15. The Labute approximate surface area is 157 Å². The van der Waals surface area contributed by atoms with Gasteiger partial charge in [0.2, 0.25) is 5.91 Å². The molecule has 0 unspecified atom stereocenters. The molecule has 1 aliphatic rings. The maximum Gasteiger partial charge on any atom is 0.335 e. The van der Waals surface area contributed by atoms with E-state index in [4.69, 9.17) is 5.11 Å². The number of aryl methyl sites for hydroxylation is 1. The summed E-state index contributed by atoms with van der Waals surface area (Å²) in [7, 11) is 0. The topological polar surface area (TPSA) is 86.7 Å². The van der Waals surface area contributed by atoms with Crippen LogP contribution in [0.4, 0.5) is 5.69 Å². The Morgan fingerprint density at radius 1 is 1.11 bits per heavy atom. The van der Waals surface area contributed by atoms with E-state index in [-0.39, 0.29) is 17.4 Å². The minimum Gasteiger partial charge on any atom is -0.478 e. The largest absolute Gasteiger partial charge is 0.478 e. The second kappa shape index (κ2) is 8.03. The molecule has 2 N–H and O–H groups in total. The maximum atomic E-state index is 12.5. The predicted molar refractivity (Wildman–Crippen MR) is 102 cm³/mol. The molecule has 0 aliphatic carbocycles. The van der Waals surface area contributed by atoms with Crippen molar-refractivity contribution in [2.24, 2.45) is 0 Å². The molecule has 2 aromatic carbocycles. The van der Waals surface area contributed by atoms with Gasteiger partial charge in [-0.15, -0.1) is 0 Å². The van der Waals surface area contributed by atoms with Gasteiger partial charge in [-0.1, -0.05) is 12.1 Å². The lowest BCUT2D eigenvalue weighted by Crippen LogP contribution is -2.34. The molecule has 6 heteroatoms. The van der Waals surface area contributed by atoms with Gasteiger partial charge in [0.1, 0.15) is 0 Å². The van der Waals surface area contributed by atoms with Gasteiger partial charge in [0.15, 0.2) is 0 Å². The van der Waals surface area contributed by atoms with Crippen LogP contribution in [0.15, 0.2) is 42.5 Å². The van der Waals surface area contributed by atoms with Gasteiger partial charge < -0.3 is 15.3 Å². The first-order valence-electron chi connectivity index (χ1n) is 8.95. The van der Waals surface area contributed by atoms with E-state index >= 15 is 0 Å². The van der Waals surface area contributed by atoms with E-state index in [0.717, 1.165) is 24.9 Å². The van der Waals surface area contributed by atoms with Crippen LogP contribution in [-0.4, -0.2) is 34.3 Å². The fourth-order valence-corrected chi connectivity index (χ4v) is 3.24. The second-order valence-electron chi connectivity index (χ2n) is 6.82. The molecule has 1 saturated heterocycles. The number of hydrogen-bond donors (Lipinski definition) is 2. The van der Waals surface area contributed by atoms with Gasteiger partial charge in [-0.2, -0.15) is 0 Å². The zero-order valence-corrected chi connectivity index (χ0v) is 15.2. The fourth-order valence-electron chi connectivity index (χ4n) is 3.24. The van der Waals surface area contributed by atoms with Crippen LogP contribution in [0.25, 0.3) is 0 Å². The molecule has 1 heterocycles. The van der Waals surface area contributed by atoms with Crippen LogP contribution >= 0.6 is 0 Å². The van der Waals surface area contributed by atoms with Gasteiger partial charge in [0.05, 0.1) is 5.56 Å². The molecular weight excluding hydrogens is 344 g/mol. The number of amides is 2. The van der Waals surface area contributed by atoms with E-state index in [2.05, 4.69) is 5.32 Å². The number of hydrogen-bond acceptors (Lipinski definition) is 3. The molecule has 27 heavy (non-hydrogen) atoms. The summed E-state index contributed by atoms with van der Waals surface area (Å²) in [5.74, 6) is -1.27. The zero-order valence-electron chi connectivity index (χ0n) is 15.2. The van der Waals surface area contributed by atoms with E-state index < -0.39 is 5.97 Å². The Morgan fingerprint density at radius 2 is 1.89 bits per heavy atom. The lowest BCUT2D eigenvalue weighted by molar-refractivity contribution is -0.133. The molecule has 0 saturated carbocycles. The summed E-state index contributed by atoms with van der Waals surface area (Å²) in [5, 5.41) is 12.0. The summed E-state index contributed by atoms with van der Waals surface area (Å²) >= 11 is 0. The fraction of sp³-hybridized carbons (Fsp3) is 0.286. The summed E-state index contributed by atoms with van der Waals surface area (Å²) < 4.78 is 0. The van der Waals surface area contributed by atoms with Crippen molar-refractivity contribution in [3.05, 3.63) is 64.7 Å². The van der Waals surface area contributed by atoms with Crippen LogP contribution < -0.4 is 5.32 Å². The molecule has 2 aromatic rings. The molecular formula is C21H22N2O4. The highest BCUT2D eigenvalue weighted by molar-refractivity contribution is 6.05. The highest BCUT2D eigenvalue weighted by atomic mass is 16.4. The molecule has 2 amide bonds. The third-order valence-electron chi connectivity index (χ3n) is 4.57. The first-order valence-corrected chi connectivity index (χ1v) is 8.95. The van der Waals surface area contributed by atoms with E-state index in [0.29, 0.717) is 29.8 Å². The van der Waals surface area contributed by atoms with Crippen molar-refractivity contribution in [1.82, 2.24) is 4.90 Å². The number of carboxylic acid groups (broad SMARTS) is 1. The van der Waals surface area contributed by atoms with Crippen molar-refractivity contribution in [3.8, 4) is 0 Å². The summed E-state index contributed by atoms with van der Waals surface area (Å²) in [6.45, 7) is 3.03. The molecule has 1 aliphatic heterocycles. The normalized spacial score (nSPS) is 14.1. The van der Waals surface area contributed by atoms with Crippen LogP contribution in [0.1, 0.15) is 51.1 Å². The number of rotatable bonds is 5. The number of anilines is 1. The predicted octanol–water partition coefficient (Wildman–Crippen LogP) is 3.46. The minimum atomic E-state index is -1.07. The second-order valence-corrected chi connectivity index (χ2v) is 6.82. The number of benzene rings is 2. The Morgan fingerprint density at radius 3 is 2.63 bits per heavy atom. The maximum absolute atomic E-state index is 12.5. The summed E-state index contributed by atoms with van der Waals surface area (Å²) in [5.41, 5.74) is 2.64. The molecule has 3 rings (SSSR count). The van der Waals surface area contributed by atoms with Crippen LogP contribution in [-0.2, 0) is 11.3 Å². The van der Waals surface area contributed by atoms with Crippen molar-refractivity contribution in [2.45, 2.75) is 32.7 Å². The zero-order chi connectivity index (χ0) is 19.4. The molecule has 0 bridgehead atoms. The molecule has 140 valence electrons. The van der Waals surface area contributed by atoms with Crippen molar-refractivity contribution < 1.29 is 19.5 Å². The molecule has 1 fully saturated rings. The molecule has 0 radical (unpaired) electrons. The van der Waals surface area contributed by atoms with Crippen molar-refractivity contribution in [3.63, 3.8) is 0 Å². The number of aromatic carboxylic acids is 1. The highest BCUT2D eigenvalue weighted by Crippen LogP contribution is 2.18. The van der Waals surface area contributed by atoms with E-state index in [1.54, 1.807) is 19.1 Å². The van der Waals surface area contributed by atoms with E-state index in [1.807, 2.05) is 23.1 Å². The number of carbonyl (C=O) groups is 3. The van der Waals surface area contributed by atoms with E-state index in [1.165, 1.54) is 12.1 Å². The Kier molecular flexibility index (Phi) is 5.54. The van der Waals surface area contributed by atoms with Gasteiger partial charge in [0.25, 0.3) is 5.91 Å². The lowest BCUT2D eigenvalue weighted by Gasteiger charge is -2.26. The first kappa shape index (κ1) is 18.6. The monoisotopic (exact) mass is 366 g/mol.